The minimum absolute atomic E-state index is 0.112. The van der Waals surface area contributed by atoms with E-state index in [1.807, 2.05) is 0 Å². The van der Waals surface area contributed by atoms with E-state index >= 15 is 0 Å². The molecule has 0 spiro atoms. The molecule has 0 saturated heterocycles. The number of likely N-dealkylation sites (N-methyl/N-ethyl adjacent to an activating group) is 1. The molecule has 0 aliphatic heterocycles. The van der Waals surface area contributed by atoms with E-state index in [4.69, 9.17) is 10.5 Å². The van der Waals surface area contributed by atoms with Crippen LogP contribution in [0.2, 0.25) is 0 Å². The largest absolute Gasteiger partial charge is 0.393 e. The number of ether oxygens (including phenoxy) is 1. The summed E-state index contributed by atoms with van der Waals surface area (Å²) in [4.78, 5) is 9.84. The number of hydrogen-bond donors (Lipinski definition) is 1. The van der Waals surface area contributed by atoms with Crippen LogP contribution >= 0.6 is 0 Å². The van der Waals surface area contributed by atoms with E-state index in [0.717, 1.165) is 4.31 Å². The lowest BCUT2D eigenvalue weighted by molar-refractivity contribution is -0.386. The molecule has 0 amide bonds. The van der Waals surface area contributed by atoms with Crippen molar-refractivity contribution in [3.63, 3.8) is 0 Å². The zero-order valence-electron chi connectivity index (χ0n) is 11.3. The average Bonchev–Trinajstić information content (AvgIpc) is 2.38. The summed E-state index contributed by atoms with van der Waals surface area (Å²) in [5, 5.41) is 11.0. The van der Waals surface area contributed by atoms with Gasteiger partial charge in [-0.1, -0.05) is 13.0 Å². The Morgan fingerprint density at radius 2 is 2.10 bits per heavy atom. The Labute approximate surface area is 117 Å². The molecule has 0 atom stereocenters. The number of sulfonamides is 1. The Morgan fingerprint density at radius 1 is 1.45 bits per heavy atom. The van der Waals surface area contributed by atoms with Gasteiger partial charge in [0, 0.05) is 20.2 Å². The van der Waals surface area contributed by atoms with Crippen molar-refractivity contribution in [3.8, 4) is 0 Å². The third kappa shape index (κ3) is 3.24. The van der Waals surface area contributed by atoms with Crippen molar-refractivity contribution in [2.75, 3.05) is 32.5 Å². The second-order valence-electron chi connectivity index (χ2n) is 3.94. The molecule has 0 heterocycles. The lowest BCUT2D eigenvalue weighted by atomic mass is 10.3. The van der Waals surface area contributed by atoms with Crippen LogP contribution in [0.15, 0.2) is 23.1 Å². The van der Waals surface area contributed by atoms with Crippen LogP contribution in [0.5, 0.6) is 0 Å². The molecular formula is C11H17N3O5S. The van der Waals surface area contributed by atoms with Crippen LogP contribution in [0.25, 0.3) is 0 Å². The van der Waals surface area contributed by atoms with E-state index in [-0.39, 0.29) is 25.4 Å². The van der Waals surface area contributed by atoms with Crippen LogP contribution in [-0.2, 0) is 14.8 Å². The normalized spacial score (nSPS) is 11.8. The number of methoxy groups -OCH3 is 1. The van der Waals surface area contributed by atoms with Gasteiger partial charge in [0.25, 0.3) is 0 Å². The SMILES string of the molecule is CCN(CCOC)S(=O)(=O)c1cccc(N)c1[N+](=O)[O-]. The van der Waals surface area contributed by atoms with Crippen LogP contribution in [-0.4, -0.2) is 44.5 Å². The summed E-state index contributed by atoms with van der Waals surface area (Å²) in [6, 6.07) is 3.85. The minimum Gasteiger partial charge on any atom is -0.393 e. The molecule has 1 aromatic rings. The zero-order chi connectivity index (χ0) is 15.3. The molecular weight excluding hydrogens is 286 g/mol. The van der Waals surface area contributed by atoms with Gasteiger partial charge in [0.05, 0.1) is 11.5 Å². The standard InChI is InChI=1S/C11H17N3O5S/c1-3-13(7-8-19-2)20(17,18)10-6-4-5-9(12)11(10)14(15)16/h4-6H,3,7-8,12H2,1-2H3. The highest BCUT2D eigenvalue weighted by molar-refractivity contribution is 7.89. The van der Waals surface area contributed by atoms with Gasteiger partial charge in [-0.2, -0.15) is 4.31 Å². The van der Waals surface area contributed by atoms with Crippen molar-refractivity contribution in [1.29, 1.82) is 0 Å². The van der Waals surface area contributed by atoms with Crippen LogP contribution in [0, 0.1) is 10.1 Å². The summed E-state index contributed by atoms with van der Waals surface area (Å²) in [5.41, 5.74) is 4.74. The zero-order valence-corrected chi connectivity index (χ0v) is 12.1. The quantitative estimate of drug-likeness (QED) is 0.453. The van der Waals surface area contributed by atoms with Crippen LogP contribution in [0.4, 0.5) is 11.4 Å². The van der Waals surface area contributed by atoms with Crippen molar-refractivity contribution in [2.24, 2.45) is 0 Å². The molecule has 0 aromatic heterocycles. The maximum absolute atomic E-state index is 12.5. The topological polar surface area (TPSA) is 116 Å². The lowest BCUT2D eigenvalue weighted by Crippen LogP contribution is -2.34. The molecule has 1 aromatic carbocycles. The number of nitro groups is 1. The molecule has 20 heavy (non-hydrogen) atoms. The number of anilines is 1. The fraction of sp³-hybridized carbons (Fsp3) is 0.455. The molecule has 0 bridgehead atoms. The number of nitro benzene ring substituents is 1. The van der Waals surface area contributed by atoms with Gasteiger partial charge in [0.1, 0.15) is 5.69 Å². The highest BCUT2D eigenvalue weighted by Gasteiger charge is 2.32. The van der Waals surface area contributed by atoms with E-state index < -0.39 is 25.5 Å². The molecule has 9 heteroatoms. The molecule has 0 fully saturated rings. The first kappa shape index (κ1) is 16.3. The smallest absolute Gasteiger partial charge is 0.312 e. The van der Waals surface area contributed by atoms with Crippen molar-refractivity contribution < 1.29 is 18.1 Å². The predicted octanol–water partition coefficient (Wildman–Crippen LogP) is 0.834. The molecule has 112 valence electrons. The number of hydrogen-bond acceptors (Lipinski definition) is 6. The average molecular weight is 303 g/mol. The third-order valence-electron chi connectivity index (χ3n) is 2.73. The molecule has 2 N–H and O–H groups in total. The van der Waals surface area contributed by atoms with Crippen LogP contribution < -0.4 is 5.73 Å². The van der Waals surface area contributed by atoms with Gasteiger partial charge < -0.3 is 10.5 Å². The maximum atomic E-state index is 12.5. The van der Waals surface area contributed by atoms with Crippen molar-refractivity contribution in [3.05, 3.63) is 28.3 Å². The summed E-state index contributed by atoms with van der Waals surface area (Å²) >= 11 is 0. The second-order valence-corrected chi connectivity index (χ2v) is 5.85. The number of benzene rings is 1. The summed E-state index contributed by atoms with van der Waals surface area (Å²) < 4.78 is 30.9. The van der Waals surface area contributed by atoms with Gasteiger partial charge in [0.2, 0.25) is 10.0 Å². The van der Waals surface area contributed by atoms with Gasteiger partial charge in [-0.25, -0.2) is 8.42 Å². The van der Waals surface area contributed by atoms with Crippen molar-refractivity contribution in [1.82, 2.24) is 4.31 Å². The number of rotatable bonds is 7. The van der Waals surface area contributed by atoms with E-state index in [2.05, 4.69) is 0 Å². The number of para-hydroxylation sites is 1. The minimum atomic E-state index is -3.99. The first-order valence-electron chi connectivity index (χ1n) is 5.88. The first-order chi connectivity index (χ1) is 9.36. The second kappa shape index (κ2) is 6.64. The first-order valence-corrected chi connectivity index (χ1v) is 7.32. The number of nitrogens with two attached hydrogens (primary N) is 1. The van der Waals surface area contributed by atoms with Gasteiger partial charge in [-0.15, -0.1) is 0 Å². The van der Waals surface area contributed by atoms with E-state index in [1.54, 1.807) is 6.92 Å². The monoisotopic (exact) mass is 303 g/mol. The number of nitrogens with zero attached hydrogens (tertiary/aromatic N) is 2. The summed E-state index contributed by atoms with van der Waals surface area (Å²) in [5.74, 6) is 0. The predicted molar refractivity (Wildman–Crippen MR) is 73.8 cm³/mol. The van der Waals surface area contributed by atoms with Gasteiger partial charge in [-0.3, -0.25) is 10.1 Å². The fourth-order valence-electron chi connectivity index (χ4n) is 1.72. The summed E-state index contributed by atoms with van der Waals surface area (Å²) in [6.45, 7) is 2.13. The van der Waals surface area contributed by atoms with Gasteiger partial charge in [-0.05, 0) is 12.1 Å². The molecule has 8 nitrogen and oxygen atoms in total. The summed E-state index contributed by atoms with van der Waals surface area (Å²) in [7, 11) is -2.54. The fourth-order valence-corrected chi connectivity index (χ4v) is 3.34. The Hall–Kier alpha value is -1.71. The Bertz CT molecular complexity index is 588. The Kier molecular flexibility index (Phi) is 5.43. The Morgan fingerprint density at radius 3 is 2.60 bits per heavy atom. The lowest BCUT2D eigenvalue weighted by Gasteiger charge is -2.20. The van der Waals surface area contributed by atoms with Gasteiger partial charge >= 0.3 is 5.69 Å². The highest BCUT2D eigenvalue weighted by Crippen LogP contribution is 2.31. The molecule has 0 radical (unpaired) electrons. The third-order valence-corrected chi connectivity index (χ3v) is 4.73. The number of nitrogen functional groups attached to an aromatic ring is 1. The molecule has 0 aliphatic rings. The van der Waals surface area contributed by atoms with E-state index in [1.165, 1.54) is 25.3 Å². The molecule has 1 rings (SSSR count). The van der Waals surface area contributed by atoms with E-state index in [9.17, 15) is 18.5 Å². The van der Waals surface area contributed by atoms with Crippen LogP contribution in [0.1, 0.15) is 6.92 Å². The van der Waals surface area contributed by atoms with Crippen molar-refractivity contribution in [2.45, 2.75) is 11.8 Å². The van der Waals surface area contributed by atoms with Crippen molar-refractivity contribution >= 4 is 21.4 Å². The Balaban J connectivity index is 3.34. The highest BCUT2D eigenvalue weighted by atomic mass is 32.2. The maximum Gasteiger partial charge on any atom is 0.312 e. The molecule has 0 saturated carbocycles. The van der Waals surface area contributed by atoms with Gasteiger partial charge in [0.15, 0.2) is 4.90 Å². The molecule has 0 aliphatic carbocycles. The van der Waals surface area contributed by atoms with E-state index in [0.29, 0.717) is 0 Å². The molecule has 0 unspecified atom stereocenters. The summed E-state index contributed by atoms with van der Waals surface area (Å²) in [6.07, 6.45) is 0. The van der Waals surface area contributed by atoms with Crippen LogP contribution in [0.3, 0.4) is 0 Å².